The van der Waals surface area contributed by atoms with Gasteiger partial charge in [-0.05, 0) is 42.5 Å². The first-order valence-corrected chi connectivity index (χ1v) is 11.8. The number of anilines is 1. The van der Waals surface area contributed by atoms with E-state index in [0.29, 0.717) is 70.1 Å². The molecular weight excluding hydrogens is 489 g/mol. The number of ether oxygens (including phenoxy) is 1. The van der Waals surface area contributed by atoms with E-state index in [1.54, 1.807) is 47.5 Å². The number of benzene rings is 2. The van der Waals surface area contributed by atoms with Crippen LogP contribution in [0.1, 0.15) is 16.1 Å². The molecule has 1 fully saturated rings. The summed E-state index contributed by atoms with van der Waals surface area (Å²) in [4.78, 5) is 40.8. The second kappa shape index (κ2) is 9.93. The van der Waals surface area contributed by atoms with Crippen LogP contribution in [0.15, 0.2) is 65.6 Å². The molecule has 10 heteroatoms. The van der Waals surface area contributed by atoms with Crippen LogP contribution >= 0.6 is 23.2 Å². The highest BCUT2D eigenvalue weighted by atomic mass is 35.5. The number of fused-ring (bicyclic) bond motifs is 1. The molecule has 0 radical (unpaired) electrons. The quantitative estimate of drug-likeness (QED) is 0.434. The van der Waals surface area contributed by atoms with Gasteiger partial charge >= 0.3 is 0 Å². The first kappa shape index (κ1) is 23.1. The minimum Gasteiger partial charge on any atom is -0.486 e. The van der Waals surface area contributed by atoms with Gasteiger partial charge in [-0.1, -0.05) is 35.3 Å². The van der Waals surface area contributed by atoms with Crippen LogP contribution in [0.4, 0.5) is 5.95 Å². The maximum Gasteiger partial charge on any atom is 0.260 e. The lowest BCUT2D eigenvalue weighted by Gasteiger charge is -2.35. The van der Waals surface area contributed by atoms with Crippen LogP contribution in [0.3, 0.4) is 0 Å². The van der Waals surface area contributed by atoms with Gasteiger partial charge in [0.05, 0.1) is 21.6 Å². The Hall–Kier alpha value is -3.62. The van der Waals surface area contributed by atoms with Crippen LogP contribution in [0.5, 0.6) is 5.75 Å². The summed E-state index contributed by atoms with van der Waals surface area (Å²) >= 11 is 12.4. The minimum absolute atomic E-state index is 0.116. The topological polar surface area (TPSA) is 91.4 Å². The summed E-state index contributed by atoms with van der Waals surface area (Å²) in [6.07, 6.45) is 1.61. The largest absolute Gasteiger partial charge is 0.486 e. The molecule has 3 heterocycles. The lowest BCUT2D eigenvalue weighted by atomic mass is 10.1. The molecule has 1 saturated heterocycles. The number of rotatable bonds is 5. The van der Waals surface area contributed by atoms with Crippen LogP contribution in [0.25, 0.3) is 10.9 Å². The Morgan fingerprint density at radius 1 is 1.03 bits per heavy atom. The van der Waals surface area contributed by atoms with E-state index in [-0.39, 0.29) is 18.1 Å². The summed E-state index contributed by atoms with van der Waals surface area (Å²) in [6, 6.07) is 15.6. The lowest BCUT2D eigenvalue weighted by Crippen LogP contribution is -2.49. The molecule has 0 bridgehead atoms. The van der Waals surface area contributed by atoms with Gasteiger partial charge in [0.25, 0.3) is 11.5 Å². The summed E-state index contributed by atoms with van der Waals surface area (Å²) in [5.41, 5.74) is 1.63. The van der Waals surface area contributed by atoms with Crippen LogP contribution in [0.2, 0.25) is 10.0 Å². The second-order valence-corrected chi connectivity index (χ2v) is 8.93. The predicted molar refractivity (Wildman–Crippen MR) is 136 cm³/mol. The maximum atomic E-state index is 13.1. The number of hydrogen-bond donors (Lipinski definition) is 1. The van der Waals surface area contributed by atoms with E-state index in [4.69, 9.17) is 27.9 Å². The van der Waals surface area contributed by atoms with Gasteiger partial charge in [-0.15, -0.1) is 0 Å². The van der Waals surface area contributed by atoms with E-state index in [0.717, 1.165) is 0 Å². The zero-order valence-electron chi connectivity index (χ0n) is 18.6. The average molecular weight is 510 g/mol. The fourth-order valence-electron chi connectivity index (χ4n) is 3.96. The van der Waals surface area contributed by atoms with Gasteiger partial charge in [0.1, 0.15) is 12.4 Å². The van der Waals surface area contributed by atoms with Crippen molar-refractivity contribution in [3.63, 3.8) is 0 Å². The number of hydrogen-bond acceptors (Lipinski definition) is 6. The maximum absolute atomic E-state index is 13.1. The van der Waals surface area contributed by atoms with Crippen LogP contribution in [-0.2, 0) is 6.61 Å². The average Bonchev–Trinajstić information content (AvgIpc) is 2.87. The molecule has 0 spiro atoms. The van der Waals surface area contributed by atoms with Gasteiger partial charge in [0.2, 0.25) is 5.95 Å². The van der Waals surface area contributed by atoms with Crippen molar-refractivity contribution < 1.29 is 9.53 Å². The zero-order chi connectivity index (χ0) is 24.4. The highest BCUT2D eigenvalue weighted by Gasteiger charge is 2.24. The van der Waals surface area contributed by atoms with Crippen molar-refractivity contribution in [2.75, 3.05) is 31.1 Å². The Morgan fingerprint density at radius 3 is 2.60 bits per heavy atom. The molecule has 1 aliphatic heterocycles. The molecule has 0 atom stereocenters. The van der Waals surface area contributed by atoms with Crippen molar-refractivity contribution in [1.82, 2.24) is 19.9 Å². The highest BCUT2D eigenvalue weighted by molar-refractivity contribution is 6.32. The third kappa shape index (κ3) is 5.08. The molecule has 8 nitrogen and oxygen atoms in total. The van der Waals surface area contributed by atoms with Crippen molar-refractivity contribution in [2.45, 2.75) is 6.61 Å². The molecule has 5 rings (SSSR count). The number of pyridine rings is 1. The standard InChI is InChI=1S/C25H21Cl2N5O3/c26-17-7-8-28-18(14-17)15-35-22-6-5-16(13-20(22)27)24(34)31-9-11-32(12-10-31)25-29-21-4-2-1-3-19(21)23(33)30-25/h1-8,13-14H,9-12,15H2,(H,29,30,33). The number of carbonyl (C=O) groups excluding carboxylic acids is 1. The van der Waals surface area contributed by atoms with Crippen molar-refractivity contribution >= 4 is 46.0 Å². The van der Waals surface area contributed by atoms with Crippen molar-refractivity contribution in [3.05, 3.63) is 92.5 Å². The number of para-hydroxylation sites is 1. The Balaban J connectivity index is 1.22. The van der Waals surface area contributed by atoms with Gasteiger partial charge in [0.15, 0.2) is 0 Å². The molecule has 2 aromatic carbocycles. The minimum atomic E-state index is -0.174. The molecule has 0 aliphatic carbocycles. The summed E-state index contributed by atoms with van der Waals surface area (Å²) < 4.78 is 5.74. The first-order valence-electron chi connectivity index (χ1n) is 11.0. The van der Waals surface area contributed by atoms with Gasteiger partial charge < -0.3 is 14.5 Å². The number of aromatic nitrogens is 3. The van der Waals surface area contributed by atoms with E-state index < -0.39 is 0 Å². The Morgan fingerprint density at radius 2 is 1.83 bits per heavy atom. The van der Waals surface area contributed by atoms with E-state index in [9.17, 15) is 9.59 Å². The SMILES string of the molecule is O=C(c1ccc(OCc2cc(Cl)ccn2)c(Cl)c1)N1CCN(c2nc3ccccc3c(=O)[nH]2)CC1. The number of carbonyl (C=O) groups is 1. The lowest BCUT2D eigenvalue weighted by molar-refractivity contribution is 0.0746. The number of nitrogens with one attached hydrogen (secondary N) is 1. The van der Waals surface area contributed by atoms with Crippen LogP contribution in [-0.4, -0.2) is 51.9 Å². The zero-order valence-corrected chi connectivity index (χ0v) is 20.1. The third-order valence-corrected chi connectivity index (χ3v) is 6.33. The highest BCUT2D eigenvalue weighted by Crippen LogP contribution is 2.27. The van der Waals surface area contributed by atoms with E-state index in [1.165, 1.54) is 0 Å². The fourth-order valence-corrected chi connectivity index (χ4v) is 4.38. The molecule has 1 amide bonds. The van der Waals surface area contributed by atoms with Crippen molar-refractivity contribution in [3.8, 4) is 5.75 Å². The van der Waals surface area contributed by atoms with E-state index in [1.807, 2.05) is 23.1 Å². The molecule has 1 N–H and O–H groups in total. The number of H-pyrrole nitrogens is 1. The smallest absolute Gasteiger partial charge is 0.260 e. The number of nitrogens with zero attached hydrogens (tertiary/aromatic N) is 4. The molecule has 0 unspecified atom stereocenters. The molecule has 35 heavy (non-hydrogen) atoms. The molecule has 0 saturated carbocycles. The third-order valence-electron chi connectivity index (χ3n) is 5.80. The molecule has 178 valence electrons. The number of piperazine rings is 1. The molecular formula is C25H21Cl2N5O3. The van der Waals surface area contributed by atoms with Crippen LogP contribution in [0, 0.1) is 0 Å². The van der Waals surface area contributed by atoms with Crippen molar-refractivity contribution in [2.24, 2.45) is 0 Å². The van der Waals surface area contributed by atoms with Gasteiger partial charge in [-0.3, -0.25) is 19.6 Å². The second-order valence-electron chi connectivity index (χ2n) is 8.09. The van der Waals surface area contributed by atoms with E-state index in [2.05, 4.69) is 15.0 Å². The van der Waals surface area contributed by atoms with Crippen molar-refractivity contribution in [1.29, 1.82) is 0 Å². The Bertz CT molecular complexity index is 1450. The number of aromatic amines is 1. The van der Waals surface area contributed by atoms with Gasteiger partial charge in [-0.2, -0.15) is 0 Å². The number of halogens is 2. The molecule has 2 aromatic heterocycles. The molecule has 1 aliphatic rings. The van der Waals surface area contributed by atoms with Crippen LogP contribution < -0.4 is 15.2 Å². The first-order chi connectivity index (χ1) is 17.0. The van der Waals surface area contributed by atoms with Gasteiger partial charge in [-0.25, -0.2) is 4.98 Å². The predicted octanol–water partition coefficient (Wildman–Crippen LogP) is 4.17. The normalized spacial score (nSPS) is 13.8. The summed E-state index contributed by atoms with van der Waals surface area (Å²) in [7, 11) is 0. The van der Waals surface area contributed by atoms with Gasteiger partial charge in [0, 0.05) is 43.0 Å². The number of amides is 1. The Kier molecular flexibility index (Phi) is 6.57. The molecule has 4 aromatic rings. The fraction of sp³-hybridized carbons (Fsp3) is 0.200. The monoisotopic (exact) mass is 509 g/mol. The summed E-state index contributed by atoms with van der Waals surface area (Å²) in [5, 5.41) is 1.47. The summed E-state index contributed by atoms with van der Waals surface area (Å²) in [5.74, 6) is 0.857. The van der Waals surface area contributed by atoms with E-state index >= 15 is 0 Å². The Labute approximate surface area is 211 Å². The summed E-state index contributed by atoms with van der Waals surface area (Å²) in [6.45, 7) is 2.29.